The van der Waals surface area contributed by atoms with Crippen LogP contribution in [-0.4, -0.2) is 74.3 Å². The highest BCUT2D eigenvalue weighted by Gasteiger charge is 2.39. The molecule has 2 fully saturated rings. The van der Waals surface area contributed by atoms with E-state index in [4.69, 9.17) is 0 Å². The molecule has 1 aromatic rings. The first kappa shape index (κ1) is 25.1. The van der Waals surface area contributed by atoms with Crippen molar-refractivity contribution < 1.29 is 23.2 Å². The van der Waals surface area contributed by atoms with E-state index in [1.165, 1.54) is 11.0 Å². The molecule has 1 atom stereocenters. The van der Waals surface area contributed by atoms with E-state index in [2.05, 4.69) is 24.1 Å². The Bertz CT molecular complexity index is 898. The second-order valence-electron chi connectivity index (χ2n) is 10.2. The molecule has 2 heterocycles. The van der Waals surface area contributed by atoms with Crippen molar-refractivity contribution in [2.75, 3.05) is 51.7 Å². The average Bonchev–Trinajstić information content (AvgIpc) is 3.12. The van der Waals surface area contributed by atoms with Gasteiger partial charge in [-0.3, -0.25) is 14.4 Å². The summed E-state index contributed by atoms with van der Waals surface area (Å²) in [6.45, 7) is 6.64. The minimum atomic E-state index is -0.822. The summed E-state index contributed by atoms with van der Waals surface area (Å²) in [6, 6.07) is 3.05. The normalized spacial score (nSPS) is 20.0. The molecule has 3 amide bonds. The van der Waals surface area contributed by atoms with Crippen LogP contribution in [0.1, 0.15) is 33.1 Å². The molecular formula is C24H34F2N4O3. The van der Waals surface area contributed by atoms with Crippen LogP contribution in [0.3, 0.4) is 0 Å². The Morgan fingerprint density at radius 1 is 1.15 bits per heavy atom. The number of benzene rings is 1. The van der Waals surface area contributed by atoms with Gasteiger partial charge in [-0.1, -0.05) is 13.8 Å². The molecule has 182 valence electrons. The van der Waals surface area contributed by atoms with E-state index < -0.39 is 17.6 Å². The van der Waals surface area contributed by atoms with Gasteiger partial charge < -0.3 is 20.0 Å². The maximum absolute atomic E-state index is 14.1. The third-order valence-corrected chi connectivity index (χ3v) is 6.34. The fraction of sp³-hybridized carbons (Fsp3) is 0.625. The molecule has 2 aliphatic heterocycles. The molecule has 0 aromatic heterocycles. The largest absolute Gasteiger partial charge is 0.355 e. The van der Waals surface area contributed by atoms with E-state index in [1.807, 2.05) is 14.1 Å². The van der Waals surface area contributed by atoms with Crippen LogP contribution in [0.25, 0.3) is 0 Å². The van der Waals surface area contributed by atoms with Crippen molar-refractivity contribution in [3.05, 3.63) is 29.8 Å². The number of hydrogen-bond donors (Lipinski definition) is 1. The summed E-state index contributed by atoms with van der Waals surface area (Å²) in [5.74, 6) is -2.74. The van der Waals surface area contributed by atoms with Gasteiger partial charge in [-0.15, -0.1) is 0 Å². The number of rotatable bonds is 7. The first-order valence-corrected chi connectivity index (χ1v) is 11.4. The first-order chi connectivity index (χ1) is 15.5. The SMILES string of the molecule is CN(C)CC(C)(C)CNC(=O)C1CCN(C(=O)C2CC(=O)N(c3ccc(F)cc3F)C2)CC1. The number of nitrogens with zero attached hydrogens (tertiary/aromatic N) is 3. The van der Waals surface area contributed by atoms with E-state index in [9.17, 15) is 23.2 Å². The van der Waals surface area contributed by atoms with Crippen molar-refractivity contribution in [2.24, 2.45) is 17.3 Å². The first-order valence-electron chi connectivity index (χ1n) is 11.4. The second kappa shape index (κ2) is 10.2. The molecule has 0 aliphatic carbocycles. The molecule has 0 saturated carbocycles. The topological polar surface area (TPSA) is 73.0 Å². The zero-order chi connectivity index (χ0) is 24.3. The monoisotopic (exact) mass is 464 g/mol. The van der Waals surface area contributed by atoms with Crippen LogP contribution in [0, 0.1) is 28.9 Å². The fourth-order valence-electron chi connectivity index (χ4n) is 4.81. The smallest absolute Gasteiger partial charge is 0.228 e. The zero-order valence-electron chi connectivity index (χ0n) is 19.9. The number of halogens is 2. The molecule has 2 saturated heterocycles. The molecule has 1 aromatic carbocycles. The fourth-order valence-corrected chi connectivity index (χ4v) is 4.81. The predicted octanol–water partition coefficient (Wildman–Crippen LogP) is 2.26. The Morgan fingerprint density at radius 3 is 2.42 bits per heavy atom. The summed E-state index contributed by atoms with van der Waals surface area (Å²) in [5, 5.41) is 3.05. The molecule has 7 nitrogen and oxygen atoms in total. The molecule has 0 spiro atoms. The number of anilines is 1. The van der Waals surface area contributed by atoms with Crippen molar-refractivity contribution >= 4 is 23.4 Å². The van der Waals surface area contributed by atoms with Gasteiger partial charge in [-0.2, -0.15) is 0 Å². The molecule has 1 N–H and O–H groups in total. The summed E-state index contributed by atoms with van der Waals surface area (Å²) in [7, 11) is 4.01. The summed E-state index contributed by atoms with van der Waals surface area (Å²) in [6.07, 6.45) is 1.14. The zero-order valence-corrected chi connectivity index (χ0v) is 19.9. The average molecular weight is 465 g/mol. The summed E-state index contributed by atoms with van der Waals surface area (Å²) in [4.78, 5) is 43.0. The molecule has 33 heavy (non-hydrogen) atoms. The molecular weight excluding hydrogens is 430 g/mol. The Balaban J connectivity index is 1.50. The van der Waals surface area contributed by atoms with Gasteiger partial charge in [0.2, 0.25) is 17.7 Å². The highest BCUT2D eigenvalue weighted by Crippen LogP contribution is 2.30. The van der Waals surface area contributed by atoms with Gasteiger partial charge in [0.05, 0.1) is 11.6 Å². The number of piperidine rings is 1. The van der Waals surface area contributed by atoms with Crippen molar-refractivity contribution in [3.63, 3.8) is 0 Å². The number of hydrogen-bond acceptors (Lipinski definition) is 4. The van der Waals surface area contributed by atoms with Gasteiger partial charge in [0.25, 0.3) is 0 Å². The third-order valence-electron chi connectivity index (χ3n) is 6.34. The van der Waals surface area contributed by atoms with Gasteiger partial charge in [-0.05, 0) is 44.5 Å². The molecule has 0 bridgehead atoms. The highest BCUT2D eigenvalue weighted by atomic mass is 19.1. The van der Waals surface area contributed by atoms with Gasteiger partial charge in [0.1, 0.15) is 11.6 Å². The van der Waals surface area contributed by atoms with Crippen LogP contribution in [0.4, 0.5) is 14.5 Å². The maximum Gasteiger partial charge on any atom is 0.228 e. The van der Waals surface area contributed by atoms with Gasteiger partial charge in [0.15, 0.2) is 0 Å². The Kier molecular flexibility index (Phi) is 7.72. The third kappa shape index (κ3) is 6.28. The Hall–Kier alpha value is -2.55. The van der Waals surface area contributed by atoms with Gasteiger partial charge >= 0.3 is 0 Å². The van der Waals surface area contributed by atoms with Gasteiger partial charge in [-0.25, -0.2) is 8.78 Å². The molecule has 2 aliphatic rings. The molecule has 3 rings (SSSR count). The second-order valence-corrected chi connectivity index (χ2v) is 10.2. The van der Waals surface area contributed by atoms with Gasteiger partial charge in [0, 0.05) is 51.1 Å². The van der Waals surface area contributed by atoms with Crippen LogP contribution in [0.2, 0.25) is 0 Å². The van der Waals surface area contributed by atoms with E-state index in [0.717, 1.165) is 18.7 Å². The van der Waals surface area contributed by atoms with Crippen molar-refractivity contribution in [3.8, 4) is 0 Å². The van der Waals surface area contributed by atoms with Crippen LogP contribution < -0.4 is 10.2 Å². The van der Waals surface area contributed by atoms with Crippen LogP contribution in [-0.2, 0) is 14.4 Å². The number of nitrogens with one attached hydrogen (secondary N) is 1. The minimum Gasteiger partial charge on any atom is -0.355 e. The van der Waals surface area contributed by atoms with E-state index in [1.54, 1.807) is 4.90 Å². The Labute approximate surface area is 194 Å². The van der Waals surface area contributed by atoms with Crippen LogP contribution in [0.5, 0.6) is 0 Å². The van der Waals surface area contributed by atoms with E-state index in [0.29, 0.717) is 32.5 Å². The summed E-state index contributed by atoms with van der Waals surface area (Å²) >= 11 is 0. The number of carbonyl (C=O) groups excluding carboxylic acids is 3. The predicted molar refractivity (Wildman–Crippen MR) is 121 cm³/mol. The highest BCUT2D eigenvalue weighted by molar-refractivity contribution is 6.00. The summed E-state index contributed by atoms with van der Waals surface area (Å²) < 4.78 is 27.3. The Morgan fingerprint density at radius 2 is 1.82 bits per heavy atom. The lowest BCUT2D eigenvalue weighted by Crippen LogP contribution is -2.47. The van der Waals surface area contributed by atoms with Crippen molar-refractivity contribution in [2.45, 2.75) is 33.1 Å². The molecule has 0 radical (unpaired) electrons. The lowest BCUT2D eigenvalue weighted by Gasteiger charge is -2.34. The van der Waals surface area contributed by atoms with Crippen LogP contribution in [0.15, 0.2) is 18.2 Å². The lowest BCUT2D eigenvalue weighted by molar-refractivity contribution is -0.139. The quantitative estimate of drug-likeness (QED) is 0.672. The lowest BCUT2D eigenvalue weighted by atomic mass is 9.91. The molecule has 9 heteroatoms. The minimum absolute atomic E-state index is 0.00295. The standard InChI is InChI=1S/C24H34F2N4O3/c1-24(2,15-28(3)4)14-27-22(32)16-7-9-29(10-8-16)23(33)17-11-21(31)30(13-17)20-6-5-18(25)12-19(20)26/h5-6,12,16-17H,7-11,13-15H2,1-4H3,(H,27,32). The maximum atomic E-state index is 14.1. The van der Waals surface area contributed by atoms with Crippen molar-refractivity contribution in [1.82, 2.24) is 15.1 Å². The van der Waals surface area contributed by atoms with Crippen LogP contribution >= 0.6 is 0 Å². The number of carbonyl (C=O) groups is 3. The molecule has 1 unspecified atom stereocenters. The summed E-state index contributed by atoms with van der Waals surface area (Å²) in [5.41, 5.74) is -0.0509. The number of likely N-dealkylation sites (tertiary alicyclic amines) is 1. The van der Waals surface area contributed by atoms with E-state index >= 15 is 0 Å². The van der Waals surface area contributed by atoms with Crippen molar-refractivity contribution in [1.29, 1.82) is 0 Å². The van der Waals surface area contributed by atoms with E-state index in [-0.39, 0.29) is 47.7 Å². The number of amides is 3.